The molecular weight excluding hydrogens is 390 g/mol. The molecule has 0 unspecified atom stereocenters. The molecule has 8 nitrogen and oxygen atoms in total. The summed E-state index contributed by atoms with van der Waals surface area (Å²) in [5, 5.41) is 9.37. The van der Waals surface area contributed by atoms with Crippen LogP contribution >= 0.6 is 0 Å². The third kappa shape index (κ3) is 3.68. The van der Waals surface area contributed by atoms with Gasteiger partial charge in [0.05, 0.1) is 17.2 Å². The van der Waals surface area contributed by atoms with E-state index in [1.165, 1.54) is 25.7 Å². The lowest BCUT2D eigenvalue weighted by Gasteiger charge is -2.23. The van der Waals surface area contributed by atoms with Gasteiger partial charge in [-0.25, -0.2) is 15.0 Å². The van der Waals surface area contributed by atoms with Crippen LogP contribution in [-0.2, 0) is 6.54 Å². The predicted molar refractivity (Wildman–Crippen MR) is 115 cm³/mol. The van der Waals surface area contributed by atoms with Gasteiger partial charge >= 0.3 is 0 Å². The Kier molecular flexibility index (Phi) is 4.96. The number of nitrogens with two attached hydrogens (primary N) is 1. The van der Waals surface area contributed by atoms with Crippen molar-refractivity contribution in [2.24, 2.45) is 5.73 Å². The van der Waals surface area contributed by atoms with Crippen molar-refractivity contribution in [1.29, 1.82) is 5.26 Å². The van der Waals surface area contributed by atoms with Crippen molar-refractivity contribution in [3.8, 4) is 29.1 Å². The Morgan fingerprint density at radius 1 is 1.10 bits per heavy atom. The molecule has 2 aliphatic rings. The number of aromatic nitrogens is 4. The van der Waals surface area contributed by atoms with E-state index >= 15 is 0 Å². The maximum atomic E-state index is 9.37. The summed E-state index contributed by atoms with van der Waals surface area (Å²) in [6, 6.07) is 10.4. The smallest absolute Gasteiger partial charge is 0.224 e. The summed E-state index contributed by atoms with van der Waals surface area (Å²) in [5.41, 5.74) is 7.67. The molecule has 2 bridgehead atoms. The normalized spacial score (nSPS) is 19.5. The van der Waals surface area contributed by atoms with Gasteiger partial charge in [0, 0.05) is 42.7 Å². The van der Waals surface area contributed by atoms with Crippen LogP contribution in [0.1, 0.15) is 42.6 Å². The molecule has 31 heavy (non-hydrogen) atoms. The summed E-state index contributed by atoms with van der Waals surface area (Å²) in [5.74, 6) is 2.99. The van der Waals surface area contributed by atoms with Crippen molar-refractivity contribution in [1.82, 2.24) is 19.9 Å². The average Bonchev–Trinajstić information content (AvgIpc) is 3.39. The van der Waals surface area contributed by atoms with Crippen molar-refractivity contribution in [2.45, 2.75) is 51.2 Å². The molecule has 1 aromatic carbocycles. The zero-order valence-corrected chi connectivity index (χ0v) is 17.3. The summed E-state index contributed by atoms with van der Waals surface area (Å²) in [7, 11) is 0. The van der Waals surface area contributed by atoms with Crippen LogP contribution < -0.4 is 15.4 Å². The average molecular weight is 413 g/mol. The number of hydrogen-bond donors (Lipinski definition) is 1. The fourth-order valence-corrected chi connectivity index (χ4v) is 4.57. The van der Waals surface area contributed by atoms with Gasteiger partial charge in [0.1, 0.15) is 17.4 Å². The Labute approximate surface area is 180 Å². The standard InChI is InChI=1S/C23H23N7O/c1-14-28-21(30-17-3-4-18(30)6-5-17)9-22(29-14)31-20-8-15(10-24)2-7-19(20)23-26-12-16(11-25)13-27-23/h2,7-9,12-13,17-18H,3-6,11,25H2,1H3. The highest BCUT2D eigenvalue weighted by Gasteiger charge is 2.40. The highest BCUT2D eigenvalue weighted by atomic mass is 16.5. The lowest BCUT2D eigenvalue weighted by Crippen LogP contribution is -2.29. The topological polar surface area (TPSA) is 114 Å². The fraction of sp³-hybridized carbons (Fsp3) is 0.348. The zero-order chi connectivity index (χ0) is 21.4. The van der Waals surface area contributed by atoms with Crippen LogP contribution in [0, 0.1) is 18.3 Å². The molecular formula is C23H23N7O. The van der Waals surface area contributed by atoms with Crippen LogP contribution in [0.5, 0.6) is 11.6 Å². The number of rotatable bonds is 5. The van der Waals surface area contributed by atoms with Crippen molar-refractivity contribution in [3.63, 3.8) is 0 Å². The van der Waals surface area contributed by atoms with E-state index < -0.39 is 0 Å². The van der Waals surface area contributed by atoms with E-state index in [9.17, 15) is 5.26 Å². The molecule has 2 aliphatic heterocycles. The lowest BCUT2D eigenvalue weighted by atomic mass is 10.0. The van der Waals surface area contributed by atoms with Gasteiger partial charge in [0.15, 0.2) is 5.82 Å². The first kappa shape index (κ1) is 19.4. The molecule has 5 rings (SSSR count). The quantitative estimate of drug-likeness (QED) is 0.676. The molecule has 0 radical (unpaired) electrons. The van der Waals surface area contributed by atoms with E-state index in [4.69, 9.17) is 10.5 Å². The van der Waals surface area contributed by atoms with Gasteiger partial charge in [-0.1, -0.05) is 0 Å². The molecule has 0 atom stereocenters. The largest absolute Gasteiger partial charge is 0.438 e. The molecule has 2 aromatic heterocycles. The van der Waals surface area contributed by atoms with Crippen LogP contribution in [0.2, 0.25) is 0 Å². The third-order valence-corrected chi connectivity index (χ3v) is 6.03. The summed E-state index contributed by atoms with van der Waals surface area (Å²) in [6.07, 6.45) is 8.26. The second kappa shape index (κ2) is 7.93. The van der Waals surface area contributed by atoms with Gasteiger partial charge < -0.3 is 15.4 Å². The van der Waals surface area contributed by atoms with Crippen LogP contribution in [0.15, 0.2) is 36.7 Å². The van der Waals surface area contributed by atoms with E-state index in [0.29, 0.717) is 53.0 Å². The molecule has 0 saturated carbocycles. The molecule has 0 aliphatic carbocycles. The number of nitrogens with zero attached hydrogens (tertiary/aromatic N) is 6. The molecule has 0 spiro atoms. The molecule has 0 amide bonds. The Balaban J connectivity index is 1.51. The number of benzene rings is 1. The van der Waals surface area contributed by atoms with E-state index in [-0.39, 0.29) is 0 Å². The maximum Gasteiger partial charge on any atom is 0.224 e. The summed E-state index contributed by atoms with van der Waals surface area (Å²) in [4.78, 5) is 20.4. The Bertz CT molecular complexity index is 1140. The van der Waals surface area contributed by atoms with Crippen LogP contribution in [-0.4, -0.2) is 32.0 Å². The van der Waals surface area contributed by atoms with Gasteiger partial charge in [-0.3, -0.25) is 0 Å². The van der Waals surface area contributed by atoms with Crippen molar-refractivity contribution in [2.75, 3.05) is 4.90 Å². The zero-order valence-electron chi connectivity index (χ0n) is 17.3. The van der Waals surface area contributed by atoms with Gasteiger partial charge in [0.25, 0.3) is 0 Å². The van der Waals surface area contributed by atoms with Crippen molar-refractivity contribution in [3.05, 3.63) is 53.6 Å². The van der Waals surface area contributed by atoms with Crippen LogP contribution in [0.25, 0.3) is 11.4 Å². The van der Waals surface area contributed by atoms with Gasteiger partial charge in [-0.05, 0) is 50.8 Å². The number of ether oxygens (including phenoxy) is 1. The number of anilines is 1. The third-order valence-electron chi connectivity index (χ3n) is 6.03. The SMILES string of the molecule is Cc1nc(Oc2cc(C#N)ccc2-c2ncc(CN)cn2)cc(N2C3CCC2CC3)n1. The highest BCUT2D eigenvalue weighted by Crippen LogP contribution is 2.41. The molecule has 4 heterocycles. The molecule has 156 valence electrons. The second-order valence-electron chi connectivity index (χ2n) is 8.03. The van der Waals surface area contributed by atoms with Crippen molar-refractivity contribution >= 4 is 5.82 Å². The first-order valence-corrected chi connectivity index (χ1v) is 10.5. The molecule has 2 fully saturated rings. The predicted octanol–water partition coefficient (Wildman–Crippen LogP) is 3.50. The Hall–Kier alpha value is -3.57. The van der Waals surface area contributed by atoms with Gasteiger partial charge in [0.2, 0.25) is 5.88 Å². The molecule has 2 N–H and O–H groups in total. The van der Waals surface area contributed by atoms with E-state index in [1.54, 1.807) is 30.6 Å². The summed E-state index contributed by atoms with van der Waals surface area (Å²) < 4.78 is 6.20. The first-order valence-electron chi connectivity index (χ1n) is 10.5. The van der Waals surface area contributed by atoms with E-state index in [1.807, 2.05) is 13.0 Å². The maximum absolute atomic E-state index is 9.37. The fourth-order valence-electron chi connectivity index (χ4n) is 4.57. The Morgan fingerprint density at radius 3 is 2.45 bits per heavy atom. The minimum atomic E-state index is 0.373. The van der Waals surface area contributed by atoms with Gasteiger partial charge in [-0.15, -0.1) is 0 Å². The minimum absolute atomic E-state index is 0.373. The van der Waals surface area contributed by atoms with Crippen LogP contribution in [0.3, 0.4) is 0 Å². The number of fused-ring (bicyclic) bond motifs is 2. The first-order chi connectivity index (χ1) is 15.1. The summed E-state index contributed by atoms with van der Waals surface area (Å²) >= 11 is 0. The lowest BCUT2D eigenvalue weighted by molar-refractivity contribution is 0.460. The minimum Gasteiger partial charge on any atom is -0.438 e. The summed E-state index contributed by atoms with van der Waals surface area (Å²) in [6.45, 7) is 2.24. The number of nitriles is 1. The molecule has 3 aromatic rings. The molecule has 8 heteroatoms. The molecule has 2 saturated heterocycles. The number of hydrogen-bond acceptors (Lipinski definition) is 8. The second-order valence-corrected chi connectivity index (χ2v) is 8.03. The van der Waals surface area contributed by atoms with E-state index in [2.05, 4.69) is 30.9 Å². The van der Waals surface area contributed by atoms with Crippen LogP contribution in [0.4, 0.5) is 5.82 Å². The van der Waals surface area contributed by atoms with E-state index in [0.717, 1.165) is 11.4 Å². The van der Waals surface area contributed by atoms with Crippen molar-refractivity contribution < 1.29 is 4.74 Å². The van der Waals surface area contributed by atoms with Gasteiger partial charge in [-0.2, -0.15) is 10.2 Å². The number of aryl methyl sites for hydroxylation is 1. The Morgan fingerprint density at radius 2 is 1.81 bits per heavy atom. The monoisotopic (exact) mass is 413 g/mol. The highest BCUT2D eigenvalue weighted by molar-refractivity contribution is 5.66.